The Morgan fingerprint density at radius 2 is 1.89 bits per heavy atom. The number of halogens is 2. The second-order valence-electron chi connectivity index (χ2n) is 5.17. The zero-order valence-corrected chi connectivity index (χ0v) is 13.4. The third kappa shape index (κ3) is 3.38. The van der Waals surface area contributed by atoms with Crippen molar-refractivity contribution in [3.05, 3.63) is 68.7 Å². The van der Waals surface area contributed by atoms with E-state index in [1.165, 1.54) is 0 Å². The first-order valence-corrected chi connectivity index (χ1v) is 7.36. The first kappa shape index (κ1) is 14.6. The molecule has 1 unspecified atom stereocenters. The SMILES string of the molecule is Cc1ccc(CC(C)(N)c2ccccc2Br)c(Cl)c1. The van der Waals surface area contributed by atoms with Crippen LogP contribution < -0.4 is 5.73 Å². The fraction of sp³-hybridized carbons (Fsp3) is 0.250. The molecule has 3 heteroatoms. The molecule has 0 bridgehead atoms. The second kappa shape index (κ2) is 5.66. The summed E-state index contributed by atoms with van der Waals surface area (Å²) in [5.41, 5.74) is 9.36. The van der Waals surface area contributed by atoms with E-state index in [0.717, 1.165) is 26.2 Å². The molecule has 0 heterocycles. The van der Waals surface area contributed by atoms with Gasteiger partial charge < -0.3 is 5.73 Å². The minimum atomic E-state index is -0.459. The lowest BCUT2D eigenvalue weighted by Crippen LogP contribution is -2.36. The van der Waals surface area contributed by atoms with Gasteiger partial charge in [-0.3, -0.25) is 0 Å². The molecular formula is C16H17BrClN. The van der Waals surface area contributed by atoms with Crippen molar-refractivity contribution in [1.29, 1.82) is 0 Å². The minimum Gasteiger partial charge on any atom is -0.321 e. The highest BCUT2D eigenvalue weighted by Crippen LogP contribution is 2.31. The molecule has 19 heavy (non-hydrogen) atoms. The Morgan fingerprint density at radius 1 is 1.21 bits per heavy atom. The molecule has 1 atom stereocenters. The number of rotatable bonds is 3. The van der Waals surface area contributed by atoms with Crippen LogP contribution in [0, 0.1) is 6.92 Å². The number of hydrogen-bond donors (Lipinski definition) is 1. The van der Waals surface area contributed by atoms with Gasteiger partial charge in [-0.1, -0.05) is 57.9 Å². The normalized spacial score (nSPS) is 14.2. The summed E-state index contributed by atoms with van der Waals surface area (Å²) in [6.07, 6.45) is 0.703. The lowest BCUT2D eigenvalue weighted by molar-refractivity contribution is 0.489. The molecule has 2 rings (SSSR count). The van der Waals surface area contributed by atoms with E-state index in [0.29, 0.717) is 6.42 Å². The topological polar surface area (TPSA) is 26.0 Å². The molecule has 0 amide bonds. The van der Waals surface area contributed by atoms with Gasteiger partial charge >= 0.3 is 0 Å². The summed E-state index contributed by atoms with van der Waals surface area (Å²) in [6.45, 7) is 4.06. The summed E-state index contributed by atoms with van der Waals surface area (Å²) in [5, 5.41) is 0.781. The van der Waals surface area contributed by atoms with Crippen LogP contribution in [0.5, 0.6) is 0 Å². The van der Waals surface area contributed by atoms with Gasteiger partial charge in [-0.25, -0.2) is 0 Å². The molecule has 2 aromatic rings. The van der Waals surface area contributed by atoms with Crippen molar-refractivity contribution in [2.24, 2.45) is 5.73 Å². The molecule has 2 N–H and O–H groups in total. The molecule has 0 aliphatic rings. The number of aryl methyl sites for hydroxylation is 1. The number of hydrogen-bond acceptors (Lipinski definition) is 1. The van der Waals surface area contributed by atoms with Crippen LogP contribution in [0.25, 0.3) is 0 Å². The third-order valence-corrected chi connectivity index (χ3v) is 4.30. The van der Waals surface area contributed by atoms with Crippen LogP contribution in [-0.2, 0) is 12.0 Å². The Hall–Kier alpha value is -0.830. The molecule has 1 nitrogen and oxygen atoms in total. The Balaban J connectivity index is 2.33. The highest BCUT2D eigenvalue weighted by Gasteiger charge is 2.24. The van der Waals surface area contributed by atoms with Crippen LogP contribution in [0.4, 0.5) is 0 Å². The molecule has 0 aliphatic heterocycles. The van der Waals surface area contributed by atoms with E-state index in [2.05, 4.69) is 28.1 Å². The fourth-order valence-electron chi connectivity index (χ4n) is 2.21. The zero-order chi connectivity index (χ0) is 14.0. The van der Waals surface area contributed by atoms with Crippen molar-refractivity contribution >= 4 is 27.5 Å². The Labute approximate surface area is 127 Å². The predicted octanol–water partition coefficient (Wildman–Crippen LogP) is 4.83. The minimum absolute atomic E-state index is 0.459. The van der Waals surface area contributed by atoms with E-state index in [9.17, 15) is 0 Å². The molecule has 0 fully saturated rings. The van der Waals surface area contributed by atoms with Gasteiger partial charge in [0.1, 0.15) is 0 Å². The van der Waals surface area contributed by atoms with Crippen LogP contribution in [-0.4, -0.2) is 0 Å². The predicted molar refractivity (Wildman–Crippen MR) is 85.6 cm³/mol. The first-order valence-electron chi connectivity index (χ1n) is 6.19. The average molecular weight is 339 g/mol. The zero-order valence-electron chi connectivity index (χ0n) is 11.1. The van der Waals surface area contributed by atoms with E-state index in [4.69, 9.17) is 17.3 Å². The van der Waals surface area contributed by atoms with Crippen molar-refractivity contribution in [3.63, 3.8) is 0 Å². The molecule has 0 spiro atoms. The fourth-order valence-corrected chi connectivity index (χ4v) is 3.25. The van der Waals surface area contributed by atoms with Crippen molar-refractivity contribution < 1.29 is 0 Å². The van der Waals surface area contributed by atoms with Gasteiger partial charge in [0.15, 0.2) is 0 Å². The Kier molecular flexibility index (Phi) is 4.34. The first-order chi connectivity index (χ1) is 8.90. The lowest BCUT2D eigenvalue weighted by atomic mass is 9.86. The van der Waals surface area contributed by atoms with E-state index >= 15 is 0 Å². The summed E-state index contributed by atoms with van der Waals surface area (Å²) in [6, 6.07) is 14.2. The largest absolute Gasteiger partial charge is 0.321 e. The summed E-state index contributed by atoms with van der Waals surface area (Å²) in [4.78, 5) is 0. The smallest absolute Gasteiger partial charge is 0.0441 e. The maximum atomic E-state index is 6.49. The van der Waals surface area contributed by atoms with Gasteiger partial charge in [-0.2, -0.15) is 0 Å². The van der Waals surface area contributed by atoms with Gasteiger partial charge in [0.25, 0.3) is 0 Å². The summed E-state index contributed by atoms with van der Waals surface area (Å²) >= 11 is 9.86. The highest BCUT2D eigenvalue weighted by atomic mass is 79.9. The molecule has 0 aliphatic carbocycles. The van der Waals surface area contributed by atoms with Gasteiger partial charge in [0.2, 0.25) is 0 Å². The van der Waals surface area contributed by atoms with Gasteiger partial charge in [-0.15, -0.1) is 0 Å². The van der Waals surface area contributed by atoms with Crippen molar-refractivity contribution in [2.45, 2.75) is 25.8 Å². The quantitative estimate of drug-likeness (QED) is 0.852. The van der Waals surface area contributed by atoms with Crippen LogP contribution in [0.3, 0.4) is 0 Å². The van der Waals surface area contributed by atoms with Gasteiger partial charge in [0.05, 0.1) is 0 Å². The molecule has 100 valence electrons. The van der Waals surface area contributed by atoms with Crippen molar-refractivity contribution in [1.82, 2.24) is 0 Å². The van der Waals surface area contributed by atoms with Gasteiger partial charge in [-0.05, 0) is 49.1 Å². The molecule has 0 saturated heterocycles. The van der Waals surface area contributed by atoms with Crippen LogP contribution in [0.2, 0.25) is 5.02 Å². The van der Waals surface area contributed by atoms with Crippen molar-refractivity contribution in [3.8, 4) is 0 Å². The third-order valence-electron chi connectivity index (χ3n) is 3.26. The molecule has 0 radical (unpaired) electrons. The molecule has 0 saturated carbocycles. The van der Waals surface area contributed by atoms with Gasteiger partial charge in [0, 0.05) is 15.0 Å². The summed E-state index contributed by atoms with van der Waals surface area (Å²) < 4.78 is 1.03. The highest BCUT2D eigenvalue weighted by molar-refractivity contribution is 9.10. The van der Waals surface area contributed by atoms with Crippen LogP contribution in [0.15, 0.2) is 46.9 Å². The molecule has 0 aromatic heterocycles. The second-order valence-corrected chi connectivity index (χ2v) is 6.43. The summed E-state index contributed by atoms with van der Waals surface area (Å²) in [7, 11) is 0. The van der Waals surface area contributed by atoms with Crippen LogP contribution >= 0.6 is 27.5 Å². The maximum Gasteiger partial charge on any atom is 0.0441 e. The standard InChI is InChI=1S/C16H17BrClN/c1-11-7-8-12(15(18)9-11)10-16(2,19)13-5-3-4-6-14(13)17/h3-9H,10,19H2,1-2H3. The molecular weight excluding hydrogens is 322 g/mol. The van der Waals surface area contributed by atoms with E-state index in [1.54, 1.807) is 0 Å². The number of benzene rings is 2. The van der Waals surface area contributed by atoms with Crippen LogP contribution in [0.1, 0.15) is 23.6 Å². The maximum absolute atomic E-state index is 6.49. The lowest BCUT2D eigenvalue weighted by Gasteiger charge is -2.27. The number of nitrogens with two attached hydrogens (primary N) is 1. The molecule has 2 aromatic carbocycles. The van der Waals surface area contributed by atoms with Crippen molar-refractivity contribution in [2.75, 3.05) is 0 Å². The Bertz CT molecular complexity index is 593. The monoisotopic (exact) mass is 337 g/mol. The van der Waals surface area contributed by atoms with E-state index in [1.807, 2.05) is 44.2 Å². The van der Waals surface area contributed by atoms with E-state index < -0.39 is 5.54 Å². The Morgan fingerprint density at radius 3 is 2.53 bits per heavy atom. The average Bonchev–Trinajstić information content (AvgIpc) is 2.33. The summed E-state index contributed by atoms with van der Waals surface area (Å²) in [5.74, 6) is 0. The van der Waals surface area contributed by atoms with E-state index in [-0.39, 0.29) is 0 Å².